The highest BCUT2D eigenvalue weighted by Crippen LogP contribution is 2.45. The van der Waals surface area contributed by atoms with Gasteiger partial charge in [-0.15, -0.1) is 0 Å². The summed E-state index contributed by atoms with van der Waals surface area (Å²) in [5.74, 6) is -0.284. The van der Waals surface area contributed by atoms with Gasteiger partial charge >= 0.3 is 0 Å². The molecule has 2 aromatic carbocycles. The maximum absolute atomic E-state index is 13.4. The second-order valence-electron chi connectivity index (χ2n) is 8.57. The van der Waals surface area contributed by atoms with Crippen molar-refractivity contribution in [1.82, 2.24) is 0 Å². The number of aliphatic hydroxyl groups excluding tert-OH is 1. The van der Waals surface area contributed by atoms with Crippen LogP contribution < -0.4 is 9.64 Å². The lowest BCUT2D eigenvalue weighted by Gasteiger charge is -2.25. The number of ketones is 1. The zero-order valence-corrected chi connectivity index (χ0v) is 19.6. The van der Waals surface area contributed by atoms with Gasteiger partial charge in [0.1, 0.15) is 29.1 Å². The fourth-order valence-corrected chi connectivity index (χ4v) is 4.48. The number of methoxy groups -OCH3 is 1. The molecule has 2 heterocycles. The van der Waals surface area contributed by atoms with Crippen LogP contribution in [0.4, 0.5) is 5.69 Å². The molecule has 3 aromatic rings. The number of aryl methyl sites for hydroxylation is 5. The fraction of sp³-hybridized carbons (Fsp3) is 0.259. The van der Waals surface area contributed by atoms with E-state index in [1.54, 1.807) is 25.1 Å². The second-order valence-corrected chi connectivity index (χ2v) is 8.57. The molecule has 1 fully saturated rings. The third-order valence-electron chi connectivity index (χ3n) is 5.98. The molecular weight excluding hydrogens is 418 g/mol. The van der Waals surface area contributed by atoms with Gasteiger partial charge in [-0.25, -0.2) is 0 Å². The molecule has 0 spiro atoms. The Morgan fingerprint density at radius 1 is 0.939 bits per heavy atom. The van der Waals surface area contributed by atoms with Crippen molar-refractivity contribution in [2.24, 2.45) is 0 Å². The van der Waals surface area contributed by atoms with Gasteiger partial charge in [0.25, 0.3) is 11.7 Å². The topological polar surface area (TPSA) is 80.0 Å². The minimum atomic E-state index is -0.912. The average Bonchev–Trinajstić information content (AvgIpc) is 3.30. The summed E-state index contributed by atoms with van der Waals surface area (Å²) in [5, 5.41) is 11.5. The van der Waals surface area contributed by atoms with Crippen LogP contribution >= 0.6 is 0 Å². The highest BCUT2D eigenvalue weighted by Gasteiger charge is 2.49. The Morgan fingerprint density at radius 3 is 2.30 bits per heavy atom. The van der Waals surface area contributed by atoms with E-state index in [9.17, 15) is 14.7 Å². The van der Waals surface area contributed by atoms with Crippen LogP contribution in [0.15, 0.2) is 52.5 Å². The van der Waals surface area contributed by atoms with E-state index in [4.69, 9.17) is 9.15 Å². The number of carbonyl (C=O) groups is 2. The van der Waals surface area contributed by atoms with Crippen molar-refractivity contribution in [3.05, 3.63) is 87.4 Å². The number of anilines is 1. The molecule has 1 saturated heterocycles. The SMILES string of the molecule is COc1c(C)cc(C)cc1/C(O)=C1\C(=O)C(=O)N(c2cc(C)ccc2C)C1c1ccc(C)o1. The molecule has 170 valence electrons. The zero-order chi connectivity index (χ0) is 24.0. The third-order valence-corrected chi connectivity index (χ3v) is 5.98. The molecule has 33 heavy (non-hydrogen) atoms. The summed E-state index contributed by atoms with van der Waals surface area (Å²) in [6.45, 7) is 9.36. The first-order valence-electron chi connectivity index (χ1n) is 10.7. The molecule has 6 heteroatoms. The quantitative estimate of drug-likeness (QED) is 0.328. The predicted molar refractivity (Wildman–Crippen MR) is 127 cm³/mol. The largest absolute Gasteiger partial charge is 0.507 e. The molecular formula is C27H27NO5. The van der Waals surface area contributed by atoms with E-state index in [0.717, 1.165) is 22.3 Å². The predicted octanol–water partition coefficient (Wildman–Crippen LogP) is 5.46. The van der Waals surface area contributed by atoms with Crippen LogP contribution in [0.2, 0.25) is 0 Å². The van der Waals surface area contributed by atoms with E-state index in [1.807, 2.05) is 52.0 Å². The van der Waals surface area contributed by atoms with Gasteiger partial charge in [-0.05, 0) is 81.1 Å². The van der Waals surface area contributed by atoms with Crippen LogP contribution in [0.1, 0.15) is 45.4 Å². The van der Waals surface area contributed by atoms with Gasteiger partial charge in [0, 0.05) is 5.69 Å². The number of ether oxygens (including phenoxy) is 1. The summed E-state index contributed by atoms with van der Waals surface area (Å²) in [7, 11) is 1.51. The smallest absolute Gasteiger partial charge is 0.300 e. The zero-order valence-electron chi connectivity index (χ0n) is 19.6. The number of carbonyl (C=O) groups excluding carboxylic acids is 2. The Labute approximate surface area is 193 Å². The van der Waals surface area contributed by atoms with E-state index in [2.05, 4.69) is 0 Å². The highest BCUT2D eigenvalue weighted by molar-refractivity contribution is 6.51. The Hall–Kier alpha value is -3.80. The lowest BCUT2D eigenvalue weighted by molar-refractivity contribution is -0.132. The van der Waals surface area contributed by atoms with Crippen LogP contribution in [0.3, 0.4) is 0 Å². The number of aliphatic hydroxyl groups is 1. The minimum absolute atomic E-state index is 0.0291. The van der Waals surface area contributed by atoms with Gasteiger partial charge < -0.3 is 14.3 Å². The first kappa shape index (κ1) is 22.4. The van der Waals surface area contributed by atoms with Crippen molar-refractivity contribution in [3.8, 4) is 5.75 Å². The van der Waals surface area contributed by atoms with Gasteiger partial charge in [0.2, 0.25) is 0 Å². The Bertz CT molecular complexity index is 1310. The number of amides is 1. The lowest BCUT2D eigenvalue weighted by Crippen LogP contribution is -2.30. The number of rotatable bonds is 4. The van der Waals surface area contributed by atoms with Gasteiger partial charge in [0.15, 0.2) is 0 Å². The Balaban J connectivity index is 2.03. The van der Waals surface area contributed by atoms with E-state index >= 15 is 0 Å². The third kappa shape index (κ3) is 3.71. The van der Waals surface area contributed by atoms with Crippen LogP contribution in [0, 0.1) is 34.6 Å². The van der Waals surface area contributed by atoms with Gasteiger partial charge in [0.05, 0.1) is 18.2 Å². The van der Waals surface area contributed by atoms with Crippen LogP contribution in [0.25, 0.3) is 5.76 Å². The van der Waals surface area contributed by atoms with Crippen molar-refractivity contribution in [2.75, 3.05) is 12.0 Å². The fourth-order valence-electron chi connectivity index (χ4n) is 4.48. The number of nitrogens with zero attached hydrogens (tertiary/aromatic N) is 1. The molecule has 4 rings (SSSR count). The van der Waals surface area contributed by atoms with E-state index in [1.165, 1.54) is 12.0 Å². The molecule has 1 atom stereocenters. The van der Waals surface area contributed by atoms with Gasteiger partial charge in [-0.2, -0.15) is 0 Å². The number of hydrogen-bond donors (Lipinski definition) is 1. The van der Waals surface area contributed by atoms with E-state index < -0.39 is 17.7 Å². The maximum Gasteiger partial charge on any atom is 0.300 e. The Kier molecular flexibility index (Phi) is 5.62. The van der Waals surface area contributed by atoms with Crippen LogP contribution in [-0.4, -0.2) is 23.9 Å². The van der Waals surface area contributed by atoms with Crippen LogP contribution in [0.5, 0.6) is 5.75 Å². The second kappa shape index (κ2) is 8.28. The molecule has 6 nitrogen and oxygen atoms in total. The minimum Gasteiger partial charge on any atom is -0.507 e. The first-order valence-corrected chi connectivity index (χ1v) is 10.7. The van der Waals surface area contributed by atoms with Crippen molar-refractivity contribution in [2.45, 2.75) is 40.7 Å². The summed E-state index contributed by atoms with van der Waals surface area (Å²) in [6, 6.07) is 12.0. The summed E-state index contributed by atoms with van der Waals surface area (Å²) in [6.07, 6.45) is 0. The summed E-state index contributed by atoms with van der Waals surface area (Å²) in [4.78, 5) is 28.1. The Morgan fingerprint density at radius 2 is 1.67 bits per heavy atom. The number of Topliss-reactive ketones (excluding diaryl/α,β-unsaturated/α-hetero) is 1. The van der Waals surface area contributed by atoms with Crippen LogP contribution in [-0.2, 0) is 9.59 Å². The molecule has 0 saturated carbocycles. The normalized spacial score (nSPS) is 17.6. The van der Waals surface area contributed by atoms with Gasteiger partial charge in [-0.3, -0.25) is 14.5 Å². The molecule has 1 aliphatic rings. The summed E-state index contributed by atoms with van der Waals surface area (Å²) < 4.78 is 11.4. The van der Waals surface area contributed by atoms with E-state index in [-0.39, 0.29) is 11.3 Å². The maximum atomic E-state index is 13.4. The molecule has 0 aliphatic carbocycles. The molecule has 0 radical (unpaired) electrons. The monoisotopic (exact) mass is 445 g/mol. The summed E-state index contributed by atoms with van der Waals surface area (Å²) in [5.41, 5.74) is 4.42. The number of hydrogen-bond acceptors (Lipinski definition) is 5. The molecule has 0 bridgehead atoms. The molecule has 1 aromatic heterocycles. The van der Waals surface area contributed by atoms with Crippen molar-refractivity contribution >= 4 is 23.1 Å². The number of benzene rings is 2. The molecule has 1 aliphatic heterocycles. The van der Waals surface area contributed by atoms with Gasteiger partial charge in [-0.1, -0.05) is 18.2 Å². The van der Waals surface area contributed by atoms with Crippen molar-refractivity contribution in [3.63, 3.8) is 0 Å². The standard InChI is InChI=1S/C27H27NO5/c1-14-7-8-16(3)20(13-14)28-23(21-10-9-18(5)33-21)22(25(30)27(28)31)24(29)19-12-15(2)11-17(4)26(19)32-6/h7-13,23,29H,1-6H3/b24-22+. The van der Waals surface area contributed by atoms with Crippen molar-refractivity contribution in [1.29, 1.82) is 0 Å². The highest BCUT2D eigenvalue weighted by atomic mass is 16.5. The average molecular weight is 446 g/mol. The van der Waals surface area contributed by atoms with Crippen molar-refractivity contribution < 1.29 is 23.8 Å². The summed E-state index contributed by atoms with van der Waals surface area (Å²) >= 11 is 0. The van der Waals surface area contributed by atoms with E-state index in [0.29, 0.717) is 28.5 Å². The number of furan rings is 1. The lowest BCUT2D eigenvalue weighted by atomic mass is 9.96. The molecule has 1 amide bonds. The molecule has 1 unspecified atom stereocenters. The molecule has 1 N–H and O–H groups in total. The first-order chi connectivity index (χ1) is 15.6.